The van der Waals surface area contributed by atoms with Crippen LogP contribution in [0.15, 0.2) is 18.5 Å². The fourth-order valence-corrected chi connectivity index (χ4v) is 3.57. The Labute approximate surface area is 149 Å². The Morgan fingerprint density at radius 2 is 2.12 bits per heavy atom. The molecule has 2 atom stereocenters. The number of likely N-dealkylation sites (N-methyl/N-ethyl adjacent to an activating group) is 1. The number of aromatic amines is 1. The number of nitrogens with one attached hydrogen (secondary N) is 4. The number of anilines is 1. The molecule has 0 unspecified atom stereocenters. The summed E-state index contributed by atoms with van der Waals surface area (Å²) in [4.78, 5) is 32.3. The summed E-state index contributed by atoms with van der Waals surface area (Å²) in [6.07, 6.45) is 4.46. The summed E-state index contributed by atoms with van der Waals surface area (Å²) in [6, 6.07) is 2.11. The molecule has 9 nitrogen and oxygen atoms in total. The Hall–Kier alpha value is -2.94. The van der Waals surface area contributed by atoms with E-state index in [4.69, 9.17) is 0 Å². The van der Waals surface area contributed by atoms with Crippen molar-refractivity contribution in [3.05, 3.63) is 18.5 Å². The number of carbonyl (C=O) groups is 2. The van der Waals surface area contributed by atoms with Crippen molar-refractivity contribution in [2.45, 2.75) is 19.4 Å². The van der Waals surface area contributed by atoms with Crippen LogP contribution >= 0.6 is 0 Å². The molecule has 1 aliphatic heterocycles. The highest BCUT2D eigenvalue weighted by Gasteiger charge is 2.27. The van der Waals surface area contributed by atoms with Gasteiger partial charge in [0, 0.05) is 31.4 Å². The molecule has 0 bridgehead atoms. The Bertz CT molecular complexity index is 990. The number of carbonyl (C=O) groups excluding carboxylic acids is 2. The van der Waals surface area contributed by atoms with E-state index in [-0.39, 0.29) is 6.04 Å². The van der Waals surface area contributed by atoms with Gasteiger partial charge in [0.1, 0.15) is 5.82 Å². The summed E-state index contributed by atoms with van der Waals surface area (Å²) in [5.41, 5.74) is 1.59. The summed E-state index contributed by atoms with van der Waals surface area (Å²) in [5.74, 6) is -0.506. The zero-order chi connectivity index (χ0) is 18.3. The van der Waals surface area contributed by atoms with Gasteiger partial charge in [-0.25, -0.2) is 9.97 Å². The third-order valence-corrected chi connectivity index (χ3v) is 5.04. The van der Waals surface area contributed by atoms with E-state index in [0.29, 0.717) is 17.4 Å². The average Bonchev–Trinajstić information content (AvgIpc) is 3.26. The quantitative estimate of drug-likeness (QED) is 0.507. The van der Waals surface area contributed by atoms with Crippen LogP contribution in [0.3, 0.4) is 0 Å². The van der Waals surface area contributed by atoms with Crippen LogP contribution in [0.4, 0.5) is 5.82 Å². The number of hydrogen-bond acceptors (Lipinski definition) is 5. The fourth-order valence-electron chi connectivity index (χ4n) is 3.57. The first-order chi connectivity index (χ1) is 12.6. The Kier molecular flexibility index (Phi) is 4.08. The number of hydrogen-bond donors (Lipinski definition) is 4. The summed E-state index contributed by atoms with van der Waals surface area (Å²) in [6.45, 7) is 4.03. The van der Waals surface area contributed by atoms with Gasteiger partial charge < -0.3 is 16.0 Å². The van der Waals surface area contributed by atoms with Gasteiger partial charge >= 0.3 is 11.8 Å². The van der Waals surface area contributed by atoms with Gasteiger partial charge in [-0.05, 0) is 24.9 Å². The lowest BCUT2D eigenvalue weighted by molar-refractivity contribution is -0.135. The molecule has 4 rings (SSSR count). The number of fused-ring (bicyclic) bond motifs is 3. The molecule has 0 spiro atoms. The van der Waals surface area contributed by atoms with Crippen molar-refractivity contribution in [3.8, 4) is 0 Å². The van der Waals surface area contributed by atoms with Gasteiger partial charge in [0.05, 0.1) is 16.9 Å². The van der Waals surface area contributed by atoms with Crippen LogP contribution in [0.5, 0.6) is 0 Å². The normalized spacial score (nSPS) is 20.4. The maximum atomic E-state index is 12.1. The van der Waals surface area contributed by atoms with Crippen molar-refractivity contribution in [1.29, 1.82) is 0 Å². The van der Waals surface area contributed by atoms with E-state index >= 15 is 0 Å². The van der Waals surface area contributed by atoms with Crippen LogP contribution in [-0.2, 0) is 9.59 Å². The topological polar surface area (TPSA) is 117 Å². The second-order valence-corrected chi connectivity index (χ2v) is 6.63. The number of pyridine rings is 1. The Morgan fingerprint density at radius 3 is 2.88 bits per heavy atom. The van der Waals surface area contributed by atoms with Crippen LogP contribution in [0.25, 0.3) is 21.9 Å². The number of aromatic nitrogens is 4. The van der Waals surface area contributed by atoms with E-state index in [1.54, 1.807) is 12.4 Å². The van der Waals surface area contributed by atoms with Crippen molar-refractivity contribution in [2.24, 2.45) is 5.92 Å². The highest BCUT2D eigenvalue weighted by atomic mass is 16.2. The molecule has 3 aromatic rings. The van der Waals surface area contributed by atoms with Crippen molar-refractivity contribution in [3.63, 3.8) is 0 Å². The summed E-state index contributed by atoms with van der Waals surface area (Å²) in [5, 5.41) is 13.4. The molecule has 0 saturated carbocycles. The van der Waals surface area contributed by atoms with E-state index in [0.717, 1.165) is 35.8 Å². The minimum absolute atomic E-state index is 0.192. The van der Waals surface area contributed by atoms with E-state index in [2.05, 4.69) is 42.6 Å². The fraction of sp³-hybridized carbons (Fsp3) is 0.412. The van der Waals surface area contributed by atoms with E-state index < -0.39 is 11.8 Å². The second kappa shape index (κ2) is 6.41. The number of piperidine rings is 1. The molecule has 3 aromatic heterocycles. The number of nitrogens with zero attached hydrogens (tertiary/aromatic N) is 3. The molecule has 2 amide bonds. The van der Waals surface area contributed by atoms with Gasteiger partial charge in [0.25, 0.3) is 0 Å². The lowest BCUT2D eigenvalue weighted by atomic mass is 9.95. The molecular weight excluding hydrogens is 334 g/mol. The van der Waals surface area contributed by atoms with Gasteiger partial charge in [0.2, 0.25) is 0 Å². The number of H-pyrrole nitrogens is 1. The van der Waals surface area contributed by atoms with Gasteiger partial charge in [-0.1, -0.05) is 6.92 Å². The highest BCUT2D eigenvalue weighted by Crippen LogP contribution is 2.34. The summed E-state index contributed by atoms with van der Waals surface area (Å²) >= 11 is 0. The average molecular weight is 355 g/mol. The molecular formula is C17H21N7O2. The molecule has 1 saturated heterocycles. The molecule has 136 valence electrons. The van der Waals surface area contributed by atoms with E-state index in [1.807, 2.05) is 6.07 Å². The Balaban J connectivity index is 1.88. The van der Waals surface area contributed by atoms with Crippen molar-refractivity contribution in [1.82, 2.24) is 30.4 Å². The standard InChI is InChI=1S/C17H21N7O2/c1-9-3-5-19-8-12(9)24-13-10-4-6-20-14(10)21-7-11(13)15(23-24)22-17(26)16(25)18-2/h4,6-7,9,12,19,23H,3,5,8H2,1-2H3,(H,18,25)(H,22,26)/t9-,12+/m0/s1. The molecule has 4 N–H and O–H groups in total. The summed E-state index contributed by atoms with van der Waals surface area (Å²) in [7, 11) is 1.42. The largest absolute Gasteiger partial charge is 0.351 e. The second-order valence-electron chi connectivity index (χ2n) is 6.63. The monoisotopic (exact) mass is 355 g/mol. The minimum atomic E-state index is -0.724. The van der Waals surface area contributed by atoms with Crippen molar-refractivity contribution in [2.75, 3.05) is 25.5 Å². The van der Waals surface area contributed by atoms with Crippen LogP contribution in [0.2, 0.25) is 0 Å². The third-order valence-electron chi connectivity index (χ3n) is 5.04. The lowest BCUT2D eigenvalue weighted by Gasteiger charge is -2.31. The van der Waals surface area contributed by atoms with Crippen LogP contribution < -0.4 is 16.0 Å². The minimum Gasteiger partial charge on any atom is -0.351 e. The maximum absolute atomic E-state index is 12.1. The van der Waals surface area contributed by atoms with Gasteiger partial charge in [0.15, 0.2) is 5.65 Å². The molecule has 0 radical (unpaired) electrons. The van der Waals surface area contributed by atoms with Crippen molar-refractivity contribution >= 4 is 39.6 Å². The predicted molar refractivity (Wildman–Crippen MR) is 97.8 cm³/mol. The van der Waals surface area contributed by atoms with Crippen LogP contribution in [-0.4, -0.2) is 51.7 Å². The first kappa shape index (κ1) is 16.5. The number of rotatable bonds is 2. The van der Waals surface area contributed by atoms with Crippen LogP contribution in [0.1, 0.15) is 19.4 Å². The van der Waals surface area contributed by atoms with Gasteiger partial charge in [-0.3, -0.25) is 19.4 Å². The van der Waals surface area contributed by atoms with E-state index in [9.17, 15) is 9.59 Å². The summed E-state index contributed by atoms with van der Waals surface area (Å²) < 4.78 is 2.07. The first-order valence-corrected chi connectivity index (χ1v) is 8.67. The maximum Gasteiger partial charge on any atom is 0.314 e. The smallest absolute Gasteiger partial charge is 0.314 e. The molecule has 1 fully saturated rings. The van der Waals surface area contributed by atoms with Crippen molar-refractivity contribution < 1.29 is 9.59 Å². The van der Waals surface area contributed by atoms with Gasteiger partial charge in [-0.2, -0.15) is 0 Å². The number of amides is 2. The predicted octanol–water partition coefficient (Wildman–Crippen LogP) is 0.768. The van der Waals surface area contributed by atoms with Crippen LogP contribution in [0, 0.1) is 5.92 Å². The first-order valence-electron chi connectivity index (χ1n) is 8.67. The molecule has 1 aliphatic rings. The molecule has 26 heavy (non-hydrogen) atoms. The molecule has 0 aromatic carbocycles. The molecule has 4 heterocycles. The zero-order valence-corrected chi connectivity index (χ0v) is 14.7. The zero-order valence-electron chi connectivity index (χ0n) is 14.7. The third kappa shape index (κ3) is 2.60. The lowest BCUT2D eigenvalue weighted by Crippen LogP contribution is -2.37. The molecule has 0 aliphatic carbocycles. The van der Waals surface area contributed by atoms with E-state index in [1.165, 1.54) is 7.05 Å². The Morgan fingerprint density at radius 1 is 1.27 bits per heavy atom. The van der Waals surface area contributed by atoms with Gasteiger partial charge in [-0.15, -0.1) is 0 Å². The molecule has 9 heteroatoms. The SMILES string of the molecule is CNC(=O)C(=O)Nc1[nH]n([C@@H]2CNCC[C@@H]2C)c2c1cnc1nccc12. The highest BCUT2D eigenvalue weighted by molar-refractivity contribution is 6.40.